The summed E-state index contributed by atoms with van der Waals surface area (Å²) in [6.07, 6.45) is 9.47. The van der Waals surface area contributed by atoms with Crippen molar-refractivity contribution in [3.8, 4) is 5.75 Å². The summed E-state index contributed by atoms with van der Waals surface area (Å²) >= 11 is 0. The van der Waals surface area contributed by atoms with Crippen LogP contribution >= 0.6 is 0 Å². The van der Waals surface area contributed by atoms with Crippen LogP contribution in [0.4, 0.5) is 0 Å². The number of benzene rings is 1. The summed E-state index contributed by atoms with van der Waals surface area (Å²) < 4.78 is 5.98. The molecule has 142 valence electrons. The number of carbonyl (C=O) groups is 1. The van der Waals surface area contributed by atoms with Gasteiger partial charge in [-0.15, -0.1) is 0 Å². The number of phenolic OH excluding ortho intramolecular Hbond substituents is 1. The molecular weight excluding hydrogens is 324 g/mol. The van der Waals surface area contributed by atoms with Crippen molar-refractivity contribution in [1.82, 2.24) is 0 Å². The quantitative estimate of drug-likeness (QED) is 0.740. The van der Waals surface area contributed by atoms with E-state index in [-0.39, 0.29) is 17.5 Å². The van der Waals surface area contributed by atoms with E-state index in [9.17, 15) is 9.90 Å². The van der Waals surface area contributed by atoms with Gasteiger partial charge in [-0.25, -0.2) is 0 Å². The molecule has 3 heteroatoms. The zero-order chi connectivity index (χ0) is 18.3. The summed E-state index contributed by atoms with van der Waals surface area (Å²) in [5, 5.41) is 9.81. The molecular formula is C23H32O3. The number of aromatic hydroxyl groups is 1. The Morgan fingerprint density at radius 2 is 2.12 bits per heavy atom. The maximum absolute atomic E-state index is 12.2. The number of carbonyl (C=O) groups excluding carboxylic acids is 1. The average molecular weight is 357 g/mol. The summed E-state index contributed by atoms with van der Waals surface area (Å²) in [4.78, 5) is 12.2. The van der Waals surface area contributed by atoms with Crippen molar-refractivity contribution in [3.63, 3.8) is 0 Å². The van der Waals surface area contributed by atoms with Gasteiger partial charge in [0.05, 0.1) is 0 Å². The lowest BCUT2D eigenvalue weighted by Gasteiger charge is -2.50. The van der Waals surface area contributed by atoms with E-state index >= 15 is 0 Å². The first-order chi connectivity index (χ1) is 12.5. The average Bonchev–Trinajstić information content (AvgIpc) is 2.96. The predicted octanol–water partition coefficient (Wildman–Crippen LogP) is 5.35. The van der Waals surface area contributed by atoms with E-state index in [1.807, 2.05) is 12.1 Å². The van der Waals surface area contributed by atoms with Crippen molar-refractivity contribution in [3.05, 3.63) is 29.3 Å². The molecule has 0 saturated heterocycles. The fourth-order valence-electron chi connectivity index (χ4n) is 6.25. The second-order valence-corrected chi connectivity index (χ2v) is 9.00. The minimum atomic E-state index is 0.00492. The Labute approximate surface area is 157 Å². The van der Waals surface area contributed by atoms with Crippen LogP contribution in [0.1, 0.15) is 82.3 Å². The predicted molar refractivity (Wildman–Crippen MR) is 102 cm³/mol. The van der Waals surface area contributed by atoms with Gasteiger partial charge in [0.25, 0.3) is 0 Å². The highest BCUT2D eigenvalue weighted by Crippen LogP contribution is 2.61. The van der Waals surface area contributed by atoms with Gasteiger partial charge in [0.2, 0.25) is 0 Å². The van der Waals surface area contributed by atoms with E-state index in [0.717, 1.165) is 32.1 Å². The van der Waals surface area contributed by atoms with Gasteiger partial charge in [-0.3, -0.25) is 4.79 Å². The molecule has 0 aromatic heterocycles. The summed E-state index contributed by atoms with van der Waals surface area (Å²) in [7, 11) is 0. The summed E-state index contributed by atoms with van der Waals surface area (Å²) in [6, 6.07) is 5.97. The van der Waals surface area contributed by atoms with Crippen molar-refractivity contribution < 1.29 is 14.6 Å². The van der Waals surface area contributed by atoms with Crippen LogP contribution < -0.4 is 0 Å². The smallest absolute Gasteiger partial charge is 0.306 e. The molecule has 2 saturated carbocycles. The van der Waals surface area contributed by atoms with E-state index in [1.54, 1.807) is 0 Å². The zero-order valence-corrected chi connectivity index (χ0v) is 16.2. The minimum Gasteiger partial charge on any atom is -0.508 e. The van der Waals surface area contributed by atoms with Gasteiger partial charge in [-0.1, -0.05) is 26.3 Å². The van der Waals surface area contributed by atoms with Gasteiger partial charge in [0.15, 0.2) is 0 Å². The fraction of sp³-hybridized carbons (Fsp3) is 0.696. The molecule has 3 nitrogen and oxygen atoms in total. The Hall–Kier alpha value is -1.51. The minimum absolute atomic E-state index is 0.00492. The Kier molecular flexibility index (Phi) is 4.75. The Morgan fingerprint density at radius 1 is 1.27 bits per heavy atom. The molecule has 4 rings (SSSR count). The number of aryl methyl sites for hydroxylation is 1. The highest BCUT2D eigenvalue weighted by atomic mass is 16.5. The number of hydrogen-bond acceptors (Lipinski definition) is 3. The van der Waals surface area contributed by atoms with Crippen molar-refractivity contribution >= 4 is 5.97 Å². The molecule has 0 amide bonds. The van der Waals surface area contributed by atoms with Crippen LogP contribution in [-0.2, 0) is 16.0 Å². The van der Waals surface area contributed by atoms with Crippen molar-refractivity contribution in [2.24, 2.45) is 17.3 Å². The van der Waals surface area contributed by atoms with Crippen molar-refractivity contribution in [2.75, 3.05) is 0 Å². The molecule has 0 aliphatic heterocycles. The van der Waals surface area contributed by atoms with Crippen LogP contribution in [0, 0.1) is 17.3 Å². The van der Waals surface area contributed by atoms with Gasteiger partial charge >= 0.3 is 5.97 Å². The van der Waals surface area contributed by atoms with Crippen LogP contribution in [0.3, 0.4) is 0 Å². The monoisotopic (exact) mass is 356 g/mol. The van der Waals surface area contributed by atoms with Crippen LogP contribution in [-0.4, -0.2) is 17.2 Å². The van der Waals surface area contributed by atoms with E-state index in [1.165, 1.54) is 30.4 Å². The van der Waals surface area contributed by atoms with Crippen molar-refractivity contribution in [2.45, 2.75) is 83.7 Å². The third-order valence-corrected chi connectivity index (χ3v) is 7.63. The van der Waals surface area contributed by atoms with Crippen molar-refractivity contribution in [1.29, 1.82) is 0 Å². The van der Waals surface area contributed by atoms with E-state index in [2.05, 4.69) is 19.9 Å². The SMILES string of the molecule is CCCCC(=O)O[C@H]1CC[C@H]2[C@H]3CCc4cc(O)ccc4[C@@H]3CC[C@]12C. The highest BCUT2D eigenvalue weighted by molar-refractivity contribution is 5.69. The Morgan fingerprint density at radius 3 is 2.92 bits per heavy atom. The van der Waals surface area contributed by atoms with E-state index < -0.39 is 0 Å². The second-order valence-electron chi connectivity index (χ2n) is 9.00. The standard InChI is InChI=1S/C23H32O3/c1-3-4-5-22(25)26-21-11-10-20-19-8-6-15-14-16(24)7-9-17(15)18(19)12-13-23(20,21)2/h7,9,14,18-21,24H,3-6,8,10-13H2,1-2H3/t18-,19-,20-,21-,23-/m0/s1. The Balaban J connectivity index is 1.51. The topological polar surface area (TPSA) is 46.5 Å². The number of ether oxygens (including phenoxy) is 1. The first-order valence-electron chi connectivity index (χ1n) is 10.5. The fourth-order valence-corrected chi connectivity index (χ4v) is 6.25. The van der Waals surface area contributed by atoms with Gasteiger partial charge in [0.1, 0.15) is 11.9 Å². The normalized spacial score (nSPS) is 35.3. The lowest BCUT2D eigenvalue weighted by atomic mass is 9.55. The largest absolute Gasteiger partial charge is 0.508 e. The molecule has 1 aromatic carbocycles. The molecule has 2 fully saturated rings. The maximum atomic E-state index is 12.2. The maximum Gasteiger partial charge on any atom is 0.306 e. The molecule has 3 aliphatic rings. The second kappa shape index (κ2) is 6.90. The van der Waals surface area contributed by atoms with Gasteiger partial charge in [0, 0.05) is 11.8 Å². The van der Waals surface area contributed by atoms with Gasteiger partial charge in [-0.05, 0) is 86.0 Å². The number of esters is 1. The first-order valence-corrected chi connectivity index (χ1v) is 10.5. The molecule has 0 heterocycles. The number of fused-ring (bicyclic) bond motifs is 5. The third-order valence-electron chi connectivity index (χ3n) is 7.63. The van der Waals surface area contributed by atoms with Crippen LogP contribution in [0.15, 0.2) is 18.2 Å². The molecule has 1 aromatic rings. The molecule has 0 unspecified atom stereocenters. The lowest BCUT2D eigenvalue weighted by molar-refractivity contribution is -0.157. The van der Waals surface area contributed by atoms with Gasteiger partial charge in [-0.2, -0.15) is 0 Å². The van der Waals surface area contributed by atoms with Crippen LogP contribution in [0.25, 0.3) is 0 Å². The summed E-state index contributed by atoms with van der Waals surface area (Å²) in [6.45, 7) is 4.49. The lowest BCUT2D eigenvalue weighted by Crippen LogP contribution is -2.45. The molecule has 0 radical (unpaired) electrons. The third kappa shape index (κ3) is 2.93. The summed E-state index contributed by atoms with van der Waals surface area (Å²) in [5.74, 6) is 2.37. The molecule has 3 aliphatic carbocycles. The molecule has 26 heavy (non-hydrogen) atoms. The van der Waals surface area contributed by atoms with Crippen LogP contribution in [0.2, 0.25) is 0 Å². The first kappa shape index (κ1) is 17.9. The van der Waals surface area contributed by atoms with Crippen LogP contribution in [0.5, 0.6) is 5.75 Å². The summed E-state index contributed by atoms with van der Waals surface area (Å²) in [5.41, 5.74) is 2.96. The number of hydrogen-bond donors (Lipinski definition) is 1. The van der Waals surface area contributed by atoms with Gasteiger partial charge < -0.3 is 9.84 Å². The zero-order valence-electron chi connectivity index (χ0n) is 16.2. The number of rotatable bonds is 4. The Bertz CT molecular complexity index is 682. The number of unbranched alkanes of at least 4 members (excludes halogenated alkanes) is 1. The molecule has 0 bridgehead atoms. The van der Waals surface area contributed by atoms with E-state index in [4.69, 9.17) is 4.74 Å². The molecule has 1 N–H and O–H groups in total. The molecule has 0 spiro atoms. The molecule has 5 atom stereocenters. The highest BCUT2D eigenvalue weighted by Gasteiger charge is 2.56. The van der Waals surface area contributed by atoms with E-state index in [0.29, 0.717) is 29.9 Å². The number of phenols is 1.